The predicted molar refractivity (Wildman–Crippen MR) is 60.2 cm³/mol. The van der Waals surface area contributed by atoms with Gasteiger partial charge in [0.15, 0.2) is 11.5 Å². The molecule has 0 radical (unpaired) electrons. The molecule has 0 spiro atoms. The number of hydrogen-bond acceptors (Lipinski definition) is 3. The minimum absolute atomic E-state index is 0. The van der Waals surface area contributed by atoms with Crippen LogP contribution in [0.15, 0.2) is 0 Å². The number of fused-ring (bicyclic) bond motifs is 3. The van der Waals surface area contributed by atoms with Gasteiger partial charge in [-0.3, -0.25) is 0 Å². The number of nitrogens with one attached hydrogen (secondary N) is 1. The molecule has 16 heavy (non-hydrogen) atoms. The molecule has 0 bridgehead atoms. The van der Waals surface area contributed by atoms with Crippen LogP contribution in [-0.2, 0) is 13.1 Å². The summed E-state index contributed by atoms with van der Waals surface area (Å²) in [6.07, 6.45) is 0. The average molecular weight is 243 g/mol. The third-order valence-corrected chi connectivity index (χ3v) is 2.86. The van der Waals surface area contributed by atoms with E-state index in [9.17, 15) is 4.39 Å². The van der Waals surface area contributed by atoms with Crippen LogP contribution < -0.4 is 5.32 Å². The summed E-state index contributed by atoms with van der Waals surface area (Å²) < 4.78 is 15.2. The zero-order valence-electron chi connectivity index (χ0n) is 9.04. The molecule has 2 aromatic heterocycles. The van der Waals surface area contributed by atoms with Crippen molar-refractivity contribution < 1.29 is 4.39 Å². The van der Waals surface area contributed by atoms with Crippen molar-refractivity contribution in [2.45, 2.75) is 26.9 Å². The van der Waals surface area contributed by atoms with E-state index >= 15 is 0 Å². The van der Waals surface area contributed by atoms with E-state index in [0.29, 0.717) is 11.4 Å². The molecule has 0 saturated heterocycles. The van der Waals surface area contributed by atoms with Crippen molar-refractivity contribution in [2.75, 3.05) is 0 Å². The first-order chi connectivity index (χ1) is 7.18. The summed E-state index contributed by atoms with van der Waals surface area (Å²) in [4.78, 5) is 4.25. The molecular formula is C10H12ClFN4. The quantitative estimate of drug-likeness (QED) is 0.762. The highest BCUT2D eigenvalue weighted by atomic mass is 35.5. The summed E-state index contributed by atoms with van der Waals surface area (Å²) >= 11 is 0. The van der Waals surface area contributed by atoms with Gasteiger partial charge >= 0.3 is 0 Å². The predicted octanol–water partition coefficient (Wildman–Crippen LogP) is 1.51. The molecule has 86 valence electrons. The topological polar surface area (TPSA) is 42.2 Å². The van der Waals surface area contributed by atoms with Crippen molar-refractivity contribution in [3.8, 4) is 0 Å². The third-order valence-electron chi connectivity index (χ3n) is 2.86. The maximum absolute atomic E-state index is 13.6. The molecule has 2 aromatic rings. The first-order valence-electron chi connectivity index (χ1n) is 4.92. The van der Waals surface area contributed by atoms with Gasteiger partial charge in [0.1, 0.15) is 0 Å². The lowest BCUT2D eigenvalue weighted by Gasteiger charge is -2.04. The first kappa shape index (κ1) is 11.3. The van der Waals surface area contributed by atoms with E-state index in [-0.39, 0.29) is 18.2 Å². The minimum Gasteiger partial charge on any atom is -0.307 e. The Hall–Kier alpha value is -1.20. The molecule has 3 rings (SSSR count). The van der Waals surface area contributed by atoms with Crippen LogP contribution in [0.4, 0.5) is 4.39 Å². The fraction of sp³-hybridized carbons (Fsp3) is 0.400. The number of halogens is 2. The average Bonchev–Trinajstić information content (AvgIpc) is 2.76. The lowest BCUT2D eigenvalue weighted by atomic mass is 10.2. The molecule has 0 aliphatic carbocycles. The molecule has 3 heterocycles. The van der Waals surface area contributed by atoms with E-state index in [4.69, 9.17) is 0 Å². The van der Waals surface area contributed by atoms with E-state index < -0.39 is 0 Å². The number of aryl methyl sites for hydroxylation is 2. The summed E-state index contributed by atoms with van der Waals surface area (Å²) in [5.74, 6) is -0.267. The van der Waals surface area contributed by atoms with Crippen molar-refractivity contribution in [1.29, 1.82) is 0 Å². The molecule has 0 atom stereocenters. The molecule has 4 nitrogen and oxygen atoms in total. The van der Waals surface area contributed by atoms with Gasteiger partial charge in [0.2, 0.25) is 0 Å². The van der Waals surface area contributed by atoms with Crippen molar-refractivity contribution in [2.24, 2.45) is 0 Å². The number of nitrogens with zero attached hydrogens (tertiary/aromatic N) is 3. The molecule has 1 aliphatic rings. The normalized spacial score (nSPS) is 13.9. The van der Waals surface area contributed by atoms with Gasteiger partial charge in [-0.1, -0.05) is 0 Å². The Labute approximate surface area is 98.3 Å². The minimum atomic E-state index is -0.267. The van der Waals surface area contributed by atoms with Crippen molar-refractivity contribution in [3.05, 3.63) is 28.5 Å². The van der Waals surface area contributed by atoms with Crippen LogP contribution in [0.25, 0.3) is 5.65 Å². The zero-order chi connectivity index (χ0) is 10.6. The van der Waals surface area contributed by atoms with Gasteiger partial charge in [-0.25, -0.2) is 13.9 Å². The molecule has 0 fully saturated rings. The van der Waals surface area contributed by atoms with Crippen LogP contribution >= 0.6 is 12.4 Å². The largest absolute Gasteiger partial charge is 0.307 e. The third kappa shape index (κ3) is 1.32. The lowest BCUT2D eigenvalue weighted by Crippen LogP contribution is -2.08. The SMILES string of the molecule is Cc1nc2c3c(nn2c(C)c1F)CNC3.Cl. The Balaban J connectivity index is 0.000000963. The summed E-state index contributed by atoms with van der Waals surface area (Å²) in [6.45, 7) is 4.94. The van der Waals surface area contributed by atoms with E-state index in [1.165, 1.54) is 0 Å². The van der Waals surface area contributed by atoms with Gasteiger partial charge in [-0.05, 0) is 13.8 Å². The Morgan fingerprint density at radius 2 is 2.06 bits per heavy atom. The highest BCUT2D eigenvalue weighted by molar-refractivity contribution is 5.85. The summed E-state index contributed by atoms with van der Waals surface area (Å²) in [5, 5.41) is 7.55. The standard InChI is InChI=1S/C10H11FN4.ClH/c1-5-9(11)6(2)15-10(13-5)7-3-12-4-8(7)14-15;/h12H,3-4H2,1-2H3;1H. The molecule has 0 saturated carbocycles. The number of rotatable bonds is 0. The van der Waals surface area contributed by atoms with E-state index in [0.717, 1.165) is 30.0 Å². The van der Waals surface area contributed by atoms with Gasteiger partial charge < -0.3 is 5.32 Å². The zero-order valence-corrected chi connectivity index (χ0v) is 9.86. The van der Waals surface area contributed by atoms with E-state index in [1.807, 2.05) is 0 Å². The number of aromatic nitrogens is 3. The van der Waals surface area contributed by atoms with Crippen LogP contribution in [0.2, 0.25) is 0 Å². The van der Waals surface area contributed by atoms with Crippen molar-refractivity contribution in [1.82, 2.24) is 19.9 Å². The highest BCUT2D eigenvalue weighted by Gasteiger charge is 2.21. The molecule has 0 unspecified atom stereocenters. The fourth-order valence-corrected chi connectivity index (χ4v) is 2.03. The van der Waals surface area contributed by atoms with Gasteiger partial charge in [-0.2, -0.15) is 5.10 Å². The Morgan fingerprint density at radius 1 is 1.31 bits per heavy atom. The second-order valence-corrected chi connectivity index (χ2v) is 3.86. The van der Waals surface area contributed by atoms with E-state index in [1.54, 1.807) is 18.4 Å². The first-order valence-corrected chi connectivity index (χ1v) is 4.92. The monoisotopic (exact) mass is 242 g/mol. The number of hydrogen-bond donors (Lipinski definition) is 1. The molecule has 1 N–H and O–H groups in total. The van der Waals surface area contributed by atoms with Crippen LogP contribution in [-0.4, -0.2) is 14.6 Å². The van der Waals surface area contributed by atoms with Gasteiger partial charge in [-0.15, -0.1) is 12.4 Å². The van der Waals surface area contributed by atoms with E-state index in [2.05, 4.69) is 15.4 Å². The second kappa shape index (κ2) is 3.68. The van der Waals surface area contributed by atoms with Gasteiger partial charge in [0.25, 0.3) is 0 Å². The molecular weight excluding hydrogens is 231 g/mol. The van der Waals surface area contributed by atoms with Crippen molar-refractivity contribution in [3.63, 3.8) is 0 Å². The Bertz CT molecular complexity index is 564. The maximum Gasteiger partial charge on any atom is 0.165 e. The van der Waals surface area contributed by atoms with Crippen molar-refractivity contribution >= 4 is 18.1 Å². The molecule has 1 aliphatic heterocycles. The summed E-state index contributed by atoms with van der Waals surface area (Å²) in [6, 6.07) is 0. The second-order valence-electron chi connectivity index (χ2n) is 3.86. The summed E-state index contributed by atoms with van der Waals surface area (Å²) in [7, 11) is 0. The van der Waals surface area contributed by atoms with Gasteiger partial charge in [0.05, 0.1) is 17.1 Å². The van der Waals surface area contributed by atoms with Gasteiger partial charge in [0, 0.05) is 18.7 Å². The van der Waals surface area contributed by atoms with Crippen LogP contribution in [0, 0.1) is 19.7 Å². The fourth-order valence-electron chi connectivity index (χ4n) is 2.03. The Kier molecular flexibility index (Phi) is 2.59. The maximum atomic E-state index is 13.6. The molecule has 0 amide bonds. The highest BCUT2D eigenvalue weighted by Crippen LogP contribution is 2.21. The molecule has 6 heteroatoms. The molecule has 0 aromatic carbocycles. The Morgan fingerprint density at radius 3 is 2.81 bits per heavy atom. The summed E-state index contributed by atoms with van der Waals surface area (Å²) in [5.41, 5.74) is 3.84. The van der Waals surface area contributed by atoms with Crippen LogP contribution in [0.1, 0.15) is 22.6 Å². The van der Waals surface area contributed by atoms with Crippen LogP contribution in [0.5, 0.6) is 0 Å². The lowest BCUT2D eigenvalue weighted by molar-refractivity contribution is 0.578. The van der Waals surface area contributed by atoms with Crippen LogP contribution in [0.3, 0.4) is 0 Å². The smallest absolute Gasteiger partial charge is 0.165 e.